The molecule has 0 saturated carbocycles. The number of hydrogen-bond donors (Lipinski definition) is 1. The highest BCUT2D eigenvalue weighted by Crippen LogP contribution is 2.26. The van der Waals surface area contributed by atoms with E-state index >= 15 is 0 Å². The summed E-state index contributed by atoms with van der Waals surface area (Å²) in [5, 5.41) is 6.14. The summed E-state index contributed by atoms with van der Waals surface area (Å²) in [4.78, 5) is 2.11. The molecule has 2 aromatic rings. The van der Waals surface area contributed by atoms with Crippen molar-refractivity contribution in [3.63, 3.8) is 0 Å². The molecular weight excluding hydrogens is 371 g/mol. The molecule has 0 radical (unpaired) electrons. The number of halogens is 2. The second kappa shape index (κ2) is 8.18. The zero-order valence-electron chi connectivity index (χ0n) is 13.1. The molecule has 0 atom stereocenters. The van der Waals surface area contributed by atoms with Crippen LogP contribution in [0.25, 0.3) is 0 Å². The highest BCUT2D eigenvalue weighted by Gasteiger charge is 2.09. The lowest BCUT2D eigenvalue weighted by atomic mass is 10.2. The van der Waals surface area contributed by atoms with Gasteiger partial charge in [-0.15, -0.1) is 0 Å². The van der Waals surface area contributed by atoms with Gasteiger partial charge in [0, 0.05) is 13.1 Å². The summed E-state index contributed by atoms with van der Waals surface area (Å²) in [5.74, 6) is 0.580. The van der Waals surface area contributed by atoms with Crippen LogP contribution in [-0.2, 0) is 16.6 Å². The number of sulfonamides is 1. The van der Waals surface area contributed by atoms with E-state index in [1.807, 2.05) is 19.2 Å². The van der Waals surface area contributed by atoms with Crippen molar-refractivity contribution >= 4 is 33.2 Å². The van der Waals surface area contributed by atoms with Crippen molar-refractivity contribution in [3.05, 3.63) is 58.1 Å². The monoisotopic (exact) mass is 388 g/mol. The highest BCUT2D eigenvalue weighted by atomic mass is 35.5. The van der Waals surface area contributed by atoms with Crippen LogP contribution in [0.2, 0.25) is 10.0 Å². The first-order valence-electron chi connectivity index (χ1n) is 7.14. The molecule has 5 nitrogen and oxygen atoms in total. The summed E-state index contributed by atoms with van der Waals surface area (Å²) >= 11 is 12.2. The molecule has 2 rings (SSSR count). The Balaban J connectivity index is 1.84. The minimum absolute atomic E-state index is 0.0579. The van der Waals surface area contributed by atoms with Crippen LogP contribution in [0.3, 0.4) is 0 Å². The molecule has 0 fully saturated rings. The molecule has 0 heterocycles. The van der Waals surface area contributed by atoms with Crippen LogP contribution < -0.4 is 9.88 Å². The second-order valence-electron chi connectivity index (χ2n) is 5.32. The lowest BCUT2D eigenvalue weighted by Crippen LogP contribution is -2.24. The molecule has 0 aromatic heterocycles. The predicted molar refractivity (Wildman–Crippen MR) is 96.1 cm³/mol. The van der Waals surface area contributed by atoms with E-state index in [9.17, 15) is 8.42 Å². The van der Waals surface area contributed by atoms with Crippen molar-refractivity contribution in [1.29, 1.82) is 0 Å². The fourth-order valence-corrected chi connectivity index (χ4v) is 2.98. The topological polar surface area (TPSA) is 72.6 Å². The third-order valence-corrected chi connectivity index (χ3v) is 5.15. The summed E-state index contributed by atoms with van der Waals surface area (Å²) in [6, 6.07) is 11.5. The van der Waals surface area contributed by atoms with Gasteiger partial charge in [0.1, 0.15) is 12.4 Å². The van der Waals surface area contributed by atoms with Crippen molar-refractivity contribution in [1.82, 2.24) is 4.90 Å². The number of nitrogens with two attached hydrogens (primary N) is 1. The van der Waals surface area contributed by atoms with Gasteiger partial charge in [-0.05, 0) is 42.9 Å². The largest absolute Gasteiger partial charge is 0.492 e. The van der Waals surface area contributed by atoms with Gasteiger partial charge >= 0.3 is 0 Å². The van der Waals surface area contributed by atoms with Gasteiger partial charge in [-0.1, -0.05) is 35.3 Å². The van der Waals surface area contributed by atoms with E-state index in [1.165, 1.54) is 12.1 Å². The van der Waals surface area contributed by atoms with Gasteiger partial charge in [0.2, 0.25) is 10.0 Å². The Hall–Kier alpha value is -1.31. The molecule has 2 N–H and O–H groups in total. The molecule has 8 heteroatoms. The predicted octanol–water partition coefficient (Wildman–Crippen LogP) is 3.15. The van der Waals surface area contributed by atoms with E-state index in [1.54, 1.807) is 18.2 Å². The summed E-state index contributed by atoms with van der Waals surface area (Å²) in [6.07, 6.45) is 0. The van der Waals surface area contributed by atoms with Crippen molar-refractivity contribution < 1.29 is 13.2 Å². The van der Waals surface area contributed by atoms with Crippen LogP contribution in [0, 0.1) is 0 Å². The van der Waals surface area contributed by atoms with Gasteiger partial charge in [0.25, 0.3) is 0 Å². The Morgan fingerprint density at radius 3 is 2.42 bits per heavy atom. The van der Waals surface area contributed by atoms with Crippen molar-refractivity contribution in [2.24, 2.45) is 5.14 Å². The number of ether oxygens (including phenoxy) is 1. The van der Waals surface area contributed by atoms with Crippen LogP contribution in [0.5, 0.6) is 5.75 Å². The zero-order chi connectivity index (χ0) is 17.7. The van der Waals surface area contributed by atoms with Crippen molar-refractivity contribution in [2.45, 2.75) is 11.4 Å². The lowest BCUT2D eigenvalue weighted by Gasteiger charge is -2.18. The summed E-state index contributed by atoms with van der Waals surface area (Å²) in [7, 11) is -1.73. The van der Waals surface area contributed by atoms with Crippen LogP contribution in [0.4, 0.5) is 0 Å². The minimum Gasteiger partial charge on any atom is -0.492 e. The molecular formula is C16H18Cl2N2O3S. The molecule has 0 amide bonds. The van der Waals surface area contributed by atoms with Gasteiger partial charge in [-0.3, -0.25) is 4.90 Å². The molecule has 0 aliphatic rings. The third-order valence-electron chi connectivity index (χ3n) is 3.37. The van der Waals surface area contributed by atoms with Gasteiger partial charge in [0.15, 0.2) is 0 Å². The first-order chi connectivity index (χ1) is 11.3. The Morgan fingerprint density at radius 1 is 1.12 bits per heavy atom. The molecule has 0 bridgehead atoms. The summed E-state index contributed by atoms with van der Waals surface area (Å²) in [6.45, 7) is 1.76. The Kier molecular flexibility index (Phi) is 6.48. The van der Waals surface area contributed by atoms with E-state index in [4.69, 9.17) is 33.1 Å². The Morgan fingerprint density at radius 2 is 1.79 bits per heavy atom. The molecule has 24 heavy (non-hydrogen) atoms. The first-order valence-corrected chi connectivity index (χ1v) is 9.44. The molecule has 130 valence electrons. The maximum Gasteiger partial charge on any atom is 0.238 e. The van der Waals surface area contributed by atoms with Gasteiger partial charge in [-0.2, -0.15) is 0 Å². The number of primary sulfonamides is 1. The summed E-state index contributed by atoms with van der Waals surface area (Å²) in [5.41, 5.74) is 0.948. The molecule has 0 aliphatic heterocycles. The maximum absolute atomic E-state index is 11.2. The van der Waals surface area contributed by atoms with E-state index in [-0.39, 0.29) is 4.90 Å². The fraction of sp³-hybridized carbons (Fsp3) is 0.250. The second-order valence-corrected chi connectivity index (χ2v) is 7.66. The van der Waals surface area contributed by atoms with E-state index < -0.39 is 10.0 Å². The third kappa shape index (κ3) is 5.36. The number of hydrogen-bond acceptors (Lipinski definition) is 4. The van der Waals surface area contributed by atoms with E-state index in [2.05, 4.69) is 4.90 Å². The van der Waals surface area contributed by atoms with Gasteiger partial charge < -0.3 is 4.74 Å². The van der Waals surface area contributed by atoms with Crippen LogP contribution in [0.15, 0.2) is 47.4 Å². The van der Waals surface area contributed by atoms with Crippen LogP contribution in [0.1, 0.15) is 5.56 Å². The van der Waals surface area contributed by atoms with Crippen molar-refractivity contribution in [3.8, 4) is 5.75 Å². The molecule has 0 aliphatic carbocycles. The standard InChI is InChI=1S/C16H18Cl2N2O3S/c1-20(11-12-3-2-4-15(17)16(12)18)9-10-23-13-5-7-14(8-6-13)24(19,21)22/h2-8H,9-11H2,1H3,(H2,19,21,22). The molecule has 0 spiro atoms. The zero-order valence-corrected chi connectivity index (χ0v) is 15.4. The van der Waals surface area contributed by atoms with E-state index in [0.717, 1.165) is 5.56 Å². The fourth-order valence-electron chi connectivity index (χ4n) is 2.09. The lowest BCUT2D eigenvalue weighted by molar-refractivity contribution is 0.233. The number of benzene rings is 2. The maximum atomic E-state index is 11.2. The SMILES string of the molecule is CN(CCOc1ccc(S(N)(=O)=O)cc1)Cc1cccc(Cl)c1Cl. The van der Waals surface area contributed by atoms with Gasteiger partial charge in [0.05, 0.1) is 14.9 Å². The number of likely N-dealkylation sites (N-methyl/N-ethyl adjacent to an activating group) is 1. The Bertz CT molecular complexity index is 795. The molecule has 0 unspecified atom stereocenters. The quantitative estimate of drug-likeness (QED) is 0.790. The van der Waals surface area contributed by atoms with Gasteiger partial charge in [-0.25, -0.2) is 13.6 Å². The summed E-state index contributed by atoms with van der Waals surface area (Å²) < 4.78 is 28.0. The minimum atomic E-state index is -3.68. The van der Waals surface area contributed by atoms with Crippen LogP contribution >= 0.6 is 23.2 Å². The highest BCUT2D eigenvalue weighted by molar-refractivity contribution is 7.89. The molecule has 2 aromatic carbocycles. The first kappa shape index (κ1) is 19.0. The van der Waals surface area contributed by atoms with E-state index in [0.29, 0.717) is 35.5 Å². The smallest absolute Gasteiger partial charge is 0.238 e. The van der Waals surface area contributed by atoms with Crippen molar-refractivity contribution in [2.75, 3.05) is 20.2 Å². The number of rotatable bonds is 7. The van der Waals surface area contributed by atoms with Crippen LogP contribution in [-0.4, -0.2) is 33.5 Å². The number of nitrogens with zero attached hydrogens (tertiary/aromatic N) is 1. The Labute approximate surface area is 152 Å². The average Bonchev–Trinajstić information content (AvgIpc) is 2.51. The normalized spacial score (nSPS) is 11.7. The average molecular weight is 389 g/mol. The molecule has 0 saturated heterocycles.